The highest BCUT2D eigenvalue weighted by atomic mass is 32.2. The molecule has 1 amide bonds. The maximum atomic E-state index is 12.8. The zero-order valence-electron chi connectivity index (χ0n) is 15.2. The Morgan fingerprint density at radius 3 is 2.74 bits per heavy atom. The molecule has 1 aromatic heterocycles. The minimum absolute atomic E-state index is 0.0861. The minimum atomic E-state index is -3.79. The lowest BCUT2D eigenvalue weighted by molar-refractivity contribution is -0.119. The molecule has 0 spiro atoms. The van der Waals surface area contributed by atoms with E-state index in [2.05, 4.69) is 16.6 Å². The number of pyridine rings is 1. The lowest BCUT2D eigenvalue weighted by atomic mass is 10.2. The molecule has 1 aromatic carbocycles. The van der Waals surface area contributed by atoms with E-state index in [0.29, 0.717) is 12.2 Å². The van der Waals surface area contributed by atoms with Gasteiger partial charge >= 0.3 is 0 Å². The number of aromatic nitrogens is 1. The van der Waals surface area contributed by atoms with Crippen molar-refractivity contribution in [3.8, 4) is 0 Å². The highest BCUT2D eigenvalue weighted by Crippen LogP contribution is 2.42. The van der Waals surface area contributed by atoms with Crippen molar-refractivity contribution in [2.45, 2.75) is 41.7 Å². The van der Waals surface area contributed by atoms with Gasteiger partial charge in [0.25, 0.3) is 10.0 Å². The van der Waals surface area contributed by atoms with Crippen molar-refractivity contribution in [2.75, 3.05) is 16.2 Å². The van der Waals surface area contributed by atoms with Crippen LogP contribution in [-0.4, -0.2) is 31.1 Å². The molecule has 8 heteroatoms. The molecule has 4 rings (SSSR count). The summed E-state index contributed by atoms with van der Waals surface area (Å²) >= 11 is 1.67. The summed E-state index contributed by atoms with van der Waals surface area (Å²) < 4.78 is 28.2. The summed E-state index contributed by atoms with van der Waals surface area (Å²) in [6, 6.07) is 8.46. The van der Waals surface area contributed by atoms with Gasteiger partial charge in [-0.15, -0.1) is 11.8 Å². The second kappa shape index (κ2) is 6.83. The van der Waals surface area contributed by atoms with Crippen LogP contribution >= 0.6 is 11.8 Å². The Labute approximate surface area is 163 Å². The number of sulfonamides is 1. The number of thioether (sulfide) groups is 1. The molecule has 2 heterocycles. The largest absolute Gasteiger partial charge is 0.310 e. The summed E-state index contributed by atoms with van der Waals surface area (Å²) in [6.45, 7) is 4.55. The van der Waals surface area contributed by atoms with E-state index in [9.17, 15) is 13.2 Å². The Morgan fingerprint density at radius 2 is 2.04 bits per heavy atom. The van der Waals surface area contributed by atoms with Gasteiger partial charge in [0.2, 0.25) is 5.91 Å². The van der Waals surface area contributed by atoms with Gasteiger partial charge in [-0.1, -0.05) is 6.92 Å². The molecule has 0 saturated heterocycles. The fourth-order valence-corrected chi connectivity index (χ4v) is 5.24. The van der Waals surface area contributed by atoms with Crippen LogP contribution in [-0.2, 0) is 14.8 Å². The number of nitrogens with one attached hydrogen (secondary N) is 1. The zero-order valence-corrected chi connectivity index (χ0v) is 16.8. The number of nitrogens with zero attached hydrogens (tertiary/aromatic N) is 2. The second-order valence-corrected chi connectivity index (χ2v) is 10.3. The molecule has 0 unspecified atom stereocenters. The first kappa shape index (κ1) is 18.3. The third kappa shape index (κ3) is 3.82. The normalized spacial score (nSPS) is 19.5. The predicted molar refractivity (Wildman–Crippen MR) is 107 cm³/mol. The van der Waals surface area contributed by atoms with Crippen molar-refractivity contribution in [1.82, 2.24) is 4.98 Å². The number of rotatable bonds is 4. The molecule has 1 aliphatic heterocycles. The van der Waals surface area contributed by atoms with E-state index in [-0.39, 0.29) is 27.8 Å². The molecule has 0 radical (unpaired) electrons. The highest BCUT2D eigenvalue weighted by molar-refractivity contribution is 8.00. The van der Waals surface area contributed by atoms with Crippen molar-refractivity contribution in [2.24, 2.45) is 5.92 Å². The molecule has 27 heavy (non-hydrogen) atoms. The molecule has 6 nitrogen and oxygen atoms in total. The standard InChI is InChI=1S/C19H21N3O3S2/c1-12-7-8-20-18(9-12)21-27(24,25)15-5-6-17-16(10-15)22(11-13(2)26-17)19(23)14-3-4-14/h5-10,13-14H,3-4,11H2,1-2H3,(H,20,21)/t13-/m0/s1. The summed E-state index contributed by atoms with van der Waals surface area (Å²) in [5.74, 6) is 0.468. The van der Waals surface area contributed by atoms with Crippen molar-refractivity contribution in [3.63, 3.8) is 0 Å². The molecule has 0 bridgehead atoms. The van der Waals surface area contributed by atoms with Crippen molar-refractivity contribution >= 4 is 39.2 Å². The van der Waals surface area contributed by atoms with E-state index in [1.807, 2.05) is 6.92 Å². The summed E-state index contributed by atoms with van der Waals surface area (Å²) in [6.07, 6.45) is 3.41. The van der Waals surface area contributed by atoms with Gasteiger partial charge in [0, 0.05) is 28.8 Å². The lowest BCUT2D eigenvalue weighted by Crippen LogP contribution is -2.39. The maximum absolute atomic E-state index is 12.8. The fraction of sp³-hybridized carbons (Fsp3) is 0.368. The number of fused-ring (bicyclic) bond motifs is 1. The Bertz CT molecular complexity index is 1000. The molecule has 2 aliphatic rings. The molecule has 1 fully saturated rings. The fourth-order valence-electron chi connectivity index (χ4n) is 3.13. The van der Waals surface area contributed by atoms with Crippen LogP contribution in [0.5, 0.6) is 0 Å². The van der Waals surface area contributed by atoms with Gasteiger partial charge in [0.05, 0.1) is 10.6 Å². The number of carbonyl (C=O) groups excluding carboxylic acids is 1. The van der Waals surface area contributed by atoms with Gasteiger partial charge in [-0.3, -0.25) is 9.52 Å². The van der Waals surface area contributed by atoms with E-state index < -0.39 is 10.0 Å². The molecule has 1 N–H and O–H groups in total. The van der Waals surface area contributed by atoms with Crippen molar-refractivity contribution < 1.29 is 13.2 Å². The Morgan fingerprint density at radius 1 is 1.26 bits per heavy atom. The van der Waals surface area contributed by atoms with Crippen LogP contribution in [0.25, 0.3) is 0 Å². The molecule has 142 valence electrons. The average Bonchev–Trinajstić information content (AvgIpc) is 3.44. The molecular weight excluding hydrogens is 382 g/mol. The highest BCUT2D eigenvalue weighted by Gasteiger charge is 2.37. The van der Waals surface area contributed by atoms with Crippen molar-refractivity contribution in [1.29, 1.82) is 0 Å². The molecule has 1 saturated carbocycles. The SMILES string of the molecule is Cc1ccnc(NS(=O)(=O)c2ccc3c(c2)N(C(=O)C2CC2)C[C@H](C)S3)c1. The van der Waals surface area contributed by atoms with Crippen LogP contribution in [0.4, 0.5) is 11.5 Å². The molecule has 2 aromatic rings. The topological polar surface area (TPSA) is 79.4 Å². The predicted octanol–water partition coefficient (Wildman–Crippen LogP) is 3.43. The maximum Gasteiger partial charge on any atom is 0.263 e. The number of anilines is 2. The van der Waals surface area contributed by atoms with Crippen molar-refractivity contribution in [3.05, 3.63) is 42.1 Å². The molecule has 1 atom stereocenters. The van der Waals surface area contributed by atoms with E-state index in [1.54, 1.807) is 53.2 Å². The van der Waals surface area contributed by atoms with Gasteiger partial charge in [0.1, 0.15) is 5.82 Å². The summed E-state index contributed by atoms with van der Waals surface area (Å²) in [4.78, 5) is 19.6. The lowest BCUT2D eigenvalue weighted by Gasteiger charge is -2.33. The number of benzene rings is 1. The molecule has 1 aliphatic carbocycles. The Hall–Kier alpha value is -2.06. The van der Waals surface area contributed by atoms with Crippen LogP contribution in [0.2, 0.25) is 0 Å². The van der Waals surface area contributed by atoms with Crippen LogP contribution < -0.4 is 9.62 Å². The quantitative estimate of drug-likeness (QED) is 0.846. The Balaban J connectivity index is 1.68. The zero-order chi connectivity index (χ0) is 19.2. The summed E-state index contributed by atoms with van der Waals surface area (Å²) in [7, 11) is -3.79. The number of aryl methyl sites for hydroxylation is 1. The number of carbonyl (C=O) groups is 1. The minimum Gasteiger partial charge on any atom is -0.310 e. The molecular formula is C19H21N3O3S2. The van der Waals surface area contributed by atoms with Gasteiger partial charge < -0.3 is 4.90 Å². The third-order valence-corrected chi connectivity index (χ3v) is 7.15. The van der Waals surface area contributed by atoms with Gasteiger partial charge in [-0.25, -0.2) is 13.4 Å². The van der Waals surface area contributed by atoms with Crippen LogP contribution in [0.15, 0.2) is 46.3 Å². The third-order valence-electron chi connectivity index (χ3n) is 4.65. The van der Waals surface area contributed by atoms with Crippen LogP contribution in [0.3, 0.4) is 0 Å². The van der Waals surface area contributed by atoms with E-state index in [1.165, 1.54) is 0 Å². The second-order valence-electron chi connectivity index (χ2n) is 7.11. The van der Waals surface area contributed by atoms with Crippen LogP contribution in [0.1, 0.15) is 25.3 Å². The monoisotopic (exact) mass is 403 g/mol. The van der Waals surface area contributed by atoms with E-state index >= 15 is 0 Å². The first-order chi connectivity index (χ1) is 12.8. The van der Waals surface area contributed by atoms with Gasteiger partial charge in [-0.05, 0) is 55.7 Å². The van der Waals surface area contributed by atoms with E-state index in [4.69, 9.17) is 0 Å². The first-order valence-corrected chi connectivity index (χ1v) is 11.3. The van der Waals surface area contributed by atoms with Crippen LogP contribution in [0, 0.1) is 12.8 Å². The number of hydrogen-bond donors (Lipinski definition) is 1. The van der Waals surface area contributed by atoms with Gasteiger partial charge in [-0.2, -0.15) is 0 Å². The van der Waals surface area contributed by atoms with E-state index in [0.717, 1.165) is 23.3 Å². The summed E-state index contributed by atoms with van der Waals surface area (Å²) in [5, 5.41) is 0.275. The van der Waals surface area contributed by atoms with Gasteiger partial charge in [0.15, 0.2) is 0 Å². The number of amides is 1. The Kier molecular flexibility index (Phi) is 4.63. The average molecular weight is 404 g/mol. The first-order valence-electron chi connectivity index (χ1n) is 8.91. The summed E-state index contributed by atoms with van der Waals surface area (Å²) in [5.41, 5.74) is 1.61. The smallest absolute Gasteiger partial charge is 0.263 e. The number of hydrogen-bond acceptors (Lipinski definition) is 5.